The second-order valence-electron chi connectivity index (χ2n) is 6.23. The smallest absolute Gasteiger partial charge is 0.270 e. The minimum absolute atomic E-state index is 0.0860. The van der Waals surface area contributed by atoms with E-state index in [1.807, 2.05) is 6.92 Å². The maximum atomic E-state index is 11.9. The van der Waals surface area contributed by atoms with Crippen LogP contribution in [0.5, 0.6) is 0 Å². The zero-order valence-corrected chi connectivity index (χ0v) is 11.5. The van der Waals surface area contributed by atoms with Gasteiger partial charge in [-0.15, -0.1) is 0 Å². The lowest BCUT2D eigenvalue weighted by atomic mass is 10.1. The molecule has 1 aromatic rings. The molecule has 0 spiro atoms. The van der Waals surface area contributed by atoms with Crippen LogP contribution in [-0.2, 0) is 6.42 Å². The standard InChI is InChI=1S/C14H18N4O2/c1-8-16-11-10(2-3-15-13(11)20)12(17-8)18-5-9-4-14(9,6-18)7-19/h9,19H,2-7H2,1H3,(H,15,20)/t9-,14+/m1/s1. The van der Waals surface area contributed by atoms with Gasteiger partial charge in [-0.1, -0.05) is 0 Å². The van der Waals surface area contributed by atoms with Crippen LogP contribution in [0.2, 0.25) is 0 Å². The predicted molar refractivity (Wildman–Crippen MR) is 72.6 cm³/mol. The fourth-order valence-corrected chi connectivity index (χ4v) is 3.64. The first-order valence-corrected chi connectivity index (χ1v) is 7.14. The molecule has 2 atom stereocenters. The molecule has 3 aliphatic rings. The van der Waals surface area contributed by atoms with Gasteiger partial charge in [0.25, 0.3) is 5.91 Å². The summed E-state index contributed by atoms with van der Waals surface area (Å²) in [5, 5.41) is 12.4. The molecule has 0 aromatic carbocycles. The lowest BCUT2D eigenvalue weighted by molar-refractivity contribution is 0.0940. The Kier molecular flexibility index (Phi) is 2.36. The Labute approximate surface area is 117 Å². The minimum Gasteiger partial charge on any atom is -0.396 e. The highest BCUT2D eigenvalue weighted by Gasteiger charge is 2.60. The van der Waals surface area contributed by atoms with Crippen molar-refractivity contribution in [1.29, 1.82) is 0 Å². The highest BCUT2D eigenvalue weighted by atomic mass is 16.3. The second kappa shape index (κ2) is 3.91. The first-order valence-electron chi connectivity index (χ1n) is 7.14. The molecule has 1 aliphatic carbocycles. The van der Waals surface area contributed by atoms with E-state index in [4.69, 9.17) is 0 Å². The number of hydrogen-bond acceptors (Lipinski definition) is 5. The van der Waals surface area contributed by atoms with Gasteiger partial charge in [-0.05, 0) is 25.7 Å². The summed E-state index contributed by atoms with van der Waals surface area (Å²) in [6.45, 7) is 4.50. The van der Waals surface area contributed by atoms with Gasteiger partial charge in [0, 0.05) is 30.6 Å². The minimum atomic E-state index is -0.0979. The quantitative estimate of drug-likeness (QED) is 0.787. The summed E-state index contributed by atoms with van der Waals surface area (Å²) in [5.74, 6) is 2.02. The summed E-state index contributed by atoms with van der Waals surface area (Å²) >= 11 is 0. The van der Waals surface area contributed by atoms with E-state index in [1.54, 1.807) is 0 Å². The van der Waals surface area contributed by atoms with Crippen LogP contribution < -0.4 is 10.2 Å². The summed E-state index contributed by atoms with van der Waals surface area (Å²) in [4.78, 5) is 23.0. The number of piperidine rings is 1. The van der Waals surface area contributed by atoms with Gasteiger partial charge in [-0.2, -0.15) is 0 Å². The average Bonchev–Trinajstić information content (AvgIpc) is 3.01. The van der Waals surface area contributed by atoms with Gasteiger partial charge in [-0.25, -0.2) is 9.97 Å². The van der Waals surface area contributed by atoms with E-state index < -0.39 is 0 Å². The average molecular weight is 274 g/mol. The molecule has 106 valence electrons. The van der Waals surface area contributed by atoms with Gasteiger partial charge in [0.2, 0.25) is 0 Å². The number of aliphatic hydroxyl groups is 1. The zero-order valence-electron chi connectivity index (χ0n) is 11.5. The molecular formula is C14H18N4O2. The maximum absolute atomic E-state index is 11.9. The number of aliphatic hydroxyl groups excluding tert-OH is 1. The highest BCUT2D eigenvalue weighted by Crippen LogP contribution is 2.58. The zero-order chi connectivity index (χ0) is 13.9. The van der Waals surface area contributed by atoms with E-state index in [0.29, 0.717) is 24.0 Å². The Morgan fingerprint density at radius 3 is 3.10 bits per heavy atom. The number of aryl methyl sites for hydroxylation is 1. The maximum Gasteiger partial charge on any atom is 0.270 e. The lowest BCUT2D eigenvalue weighted by Crippen LogP contribution is -2.36. The Morgan fingerprint density at radius 2 is 2.35 bits per heavy atom. The molecule has 3 heterocycles. The van der Waals surface area contributed by atoms with Crippen LogP contribution in [0.15, 0.2) is 0 Å². The fraction of sp³-hybridized carbons (Fsp3) is 0.643. The van der Waals surface area contributed by atoms with Crippen LogP contribution in [0, 0.1) is 18.3 Å². The van der Waals surface area contributed by atoms with Gasteiger partial charge in [0.15, 0.2) is 0 Å². The Bertz CT molecular complexity index is 599. The van der Waals surface area contributed by atoms with Crippen molar-refractivity contribution in [2.24, 2.45) is 11.3 Å². The Hall–Kier alpha value is -1.69. The molecule has 2 fully saturated rings. The van der Waals surface area contributed by atoms with Crippen molar-refractivity contribution >= 4 is 11.7 Å². The number of hydrogen-bond donors (Lipinski definition) is 2. The van der Waals surface area contributed by atoms with Crippen molar-refractivity contribution in [2.75, 3.05) is 31.1 Å². The number of fused-ring (bicyclic) bond motifs is 2. The predicted octanol–water partition coefficient (Wildman–Crippen LogP) is -0.110. The third kappa shape index (κ3) is 1.57. The van der Waals surface area contributed by atoms with Gasteiger partial charge in [0.05, 0.1) is 6.61 Å². The van der Waals surface area contributed by atoms with Gasteiger partial charge in [-0.3, -0.25) is 4.79 Å². The van der Waals surface area contributed by atoms with E-state index in [1.165, 1.54) is 0 Å². The molecule has 1 saturated carbocycles. The lowest BCUT2D eigenvalue weighted by Gasteiger charge is -2.27. The van der Waals surface area contributed by atoms with Gasteiger partial charge in [0.1, 0.15) is 17.3 Å². The number of carbonyl (C=O) groups excluding carboxylic acids is 1. The monoisotopic (exact) mass is 274 g/mol. The summed E-state index contributed by atoms with van der Waals surface area (Å²) in [7, 11) is 0. The molecule has 1 saturated heterocycles. The van der Waals surface area contributed by atoms with Crippen molar-refractivity contribution in [1.82, 2.24) is 15.3 Å². The number of nitrogens with zero attached hydrogens (tertiary/aromatic N) is 3. The van der Waals surface area contributed by atoms with E-state index in [9.17, 15) is 9.90 Å². The summed E-state index contributed by atoms with van der Waals surface area (Å²) in [6.07, 6.45) is 1.90. The topological polar surface area (TPSA) is 78.3 Å². The van der Waals surface area contributed by atoms with Gasteiger partial charge < -0.3 is 15.3 Å². The third-order valence-electron chi connectivity index (χ3n) is 4.89. The molecule has 0 unspecified atom stereocenters. The van der Waals surface area contributed by atoms with Crippen molar-refractivity contribution < 1.29 is 9.90 Å². The van der Waals surface area contributed by atoms with Crippen molar-refractivity contribution in [2.45, 2.75) is 19.8 Å². The molecule has 1 aromatic heterocycles. The number of amides is 1. The largest absolute Gasteiger partial charge is 0.396 e. The normalized spacial score (nSPS) is 30.8. The third-order valence-corrected chi connectivity index (χ3v) is 4.89. The SMILES string of the molecule is Cc1nc2c(c(N3C[C@H]4C[C@@]4(CO)C3)n1)CCNC2=O. The summed E-state index contributed by atoms with van der Waals surface area (Å²) < 4.78 is 0. The molecule has 2 N–H and O–H groups in total. The van der Waals surface area contributed by atoms with Crippen molar-refractivity contribution in [3.63, 3.8) is 0 Å². The Balaban J connectivity index is 1.74. The Morgan fingerprint density at radius 1 is 1.50 bits per heavy atom. The molecule has 6 heteroatoms. The van der Waals surface area contributed by atoms with Gasteiger partial charge >= 0.3 is 0 Å². The molecule has 20 heavy (non-hydrogen) atoms. The van der Waals surface area contributed by atoms with Crippen molar-refractivity contribution in [3.8, 4) is 0 Å². The van der Waals surface area contributed by atoms with Crippen LogP contribution in [0.1, 0.15) is 28.3 Å². The number of aromatic nitrogens is 2. The first-order chi connectivity index (χ1) is 9.63. The highest BCUT2D eigenvalue weighted by molar-refractivity contribution is 5.96. The number of carbonyl (C=O) groups is 1. The molecule has 6 nitrogen and oxygen atoms in total. The van der Waals surface area contributed by atoms with E-state index in [0.717, 1.165) is 37.3 Å². The van der Waals surface area contributed by atoms with Crippen molar-refractivity contribution in [3.05, 3.63) is 17.1 Å². The molecule has 0 bridgehead atoms. The first kappa shape index (κ1) is 12.1. The summed E-state index contributed by atoms with van der Waals surface area (Å²) in [6, 6.07) is 0. The number of rotatable bonds is 2. The second-order valence-corrected chi connectivity index (χ2v) is 6.23. The summed E-state index contributed by atoms with van der Waals surface area (Å²) in [5.41, 5.74) is 1.58. The number of anilines is 1. The van der Waals surface area contributed by atoms with E-state index in [2.05, 4.69) is 20.2 Å². The van der Waals surface area contributed by atoms with Crippen LogP contribution in [0.4, 0.5) is 5.82 Å². The number of nitrogens with one attached hydrogen (secondary N) is 1. The molecule has 4 rings (SSSR count). The van der Waals surface area contributed by atoms with E-state index >= 15 is 0 Å². The van der Waals surface area contributed by atoms with Crippen LogP contribution >= 0.6 is 0 Å². The molecule has 0 radical (unpaired) electrons. The van der Waals surface area contributed by atoms with Crippen LogP contribution in [0.3, 0.4) is 0 Å². The molecule has 2 aliphatic heterocycles. The van der Waals surface area contributed by atoms with Crippen LogP contribution in [0.25, 0.3) is 0 Å². The van der Waals surface area contributed by atoms with E-state index in [-0.39, 0.29) is 17.9 Å². The fourth-order valence-electron chi connectivity index (χ4n) is 3.64. The molecular weight excluding hydrogens is 256 g/mol. The van der Waals surface area contributed by atoms with Crippen LogP contribution in [-0.4, -0.2) is 47.2 Å². The molecule has 1 amide bonds.